The fraction of sp³-hybridized carbons (Fsp3) is 0.409. The summed E-state index contributed by atoms with van der Waals surface area (Å²) in [6, 6.07) is 13.9. The van der Waals surface area contributed by atoms with Gasteiger partial charge < -0.3 is 14.8 Å². The molecule has 0 heterocycles. The monoisotopic (exact) mass is 353 g/mol. The van der Waals surface area contributed by atoms with Crippen molar-refractivity contribution in [1.82, 2.24) is 5.32 Å². The molecule has 0 radical (unpaired) electrons. The minimum Gasteiger partial charge on any atom is -0.490 e. The van der Waals surface area contributed by atoms with Gasteiger partial charge in [0.2, 0.25) is 0 Å². The van der Waals surface area contributed by atoms with Gasteiger partial charge in [-0.25, -0.2) is 0 Å². The maximum atomic E-state index is 12.6. The average molecular weight is 353 g/mol. The van der Waals surface area contributed by atoms with E-state index >= 15 is 0 Å². The molecule has 3 rings (SSSR count). The first kappa shape index (κ1) is 18.3. The molecule has 1 aliphatic carbocycles. The van der Waals surface area contributed by atoms with Crippen LogP contribution in [-0.2, 0) is 6.42 Å². The van der Waals surface area contributed by atoms with Gasteiger partial charge in [0.15, 0.2) is 11.5 Å². The summed E-state index contributed by atoms with van der Waals surface area (Å²) in [5, 5.41) is 3.10. The Labute approximate surface area is 155 Å². The third-order valence-corrected chi connectivity index (χ3v) is 4.81. The van der Waals surface area contributed by atoms with Gasteiger partial charge in [-0.2, -0.15) is 0 Å². The van der Waals surface area contributed by atoms with Gasteiger partial charge in [-0.1, -0.05) is 24.3 Å². The Hall–Kier alpha value is -2.49. The molecule has 0 fully saturated rings. The normalized spacial score (nSPS) is 15.8. The number of fused-ring (bicyclic) bond motifs is 1. The molecular weight excluding hydrogens is 326 g/mol. The maximum Gasteiger partial charge on any atom is 0.251 e. The second-order valence-electron chi connectivity index (χ2n) is 6.53. The Bertz CT molecular complexity index is 757. The maximum absolute atomic E-state index is 12.6. The van der Waals surface area contributed by atoms with Crippen LogP contribution in [-0.4, -0.2) is 25.7 Å². The van der Waals surface area contributed by atoms with Crippen molar-refractivity contribution in [2.75, 3.05) is 19.8 Å². The lowest BCUT2D eigenvalue weighted by molar-refractivity contribution is 0.0949. The van der Waals surface area contributed by atoms with Crippen molar-refractivity contribution in [3.8, 4) is 11.5 Å². The second-order valence-corrected chi connectivity index (χ2v) is 6.53. The zero-order chi connectivity index (χ0) is 18.4. The van der Waals surface area contributed by atoms with Crippen LogP contribution in [0.25, 0.3) is 0 Å². The highest BCUT2D eigenvalue weighted by Crippen LogP contribution is 2.31. The molecule has 2 aromatic rings. The van der Waals surface area contributed by atoms with Gasteiger partial charge in [0.25, 0.3) is 5.91 Å². The third-order valence-electron chi connectivity index (χ3n) is 4.81. The largest absolute Gasteiger partial charge is 0.490 e. The lowest BCUT2D eigenvalue weighted by atomic mass is 9.83. The Morgan fingerprint density at radius 3 is 2.65 bits per heavy atom. The van der Waals surface area contributed by atoms with Gasteiger partial charge >= 0.3 is 0 Å². The number of ether oxygens (including phenoxy) is 2. The van der Waals surface area contributed by atoms with Crippen LogP contribution in [0.4, 0.5) is 0 Å². The quantitative estimate of drug-likeness (QED) is 0.806. The summed E-state index contributed by atoms with van der Waals surface area (Å²) in [5.41, 5.74) is 3.39. The fourth-order valence-electron chi connectivity index (χ4n) is 3.58. The number of nitrogens with one attached hydrogen (secondary N) is 1. The van der Waals surface area contributed by atoms with E-state index < -0.39 is 0 Å². The number of aryl methyl sites for hydroxylation is 1. The summed E-state index contributed by atoms with van der Waals surface area (Å²) in [7, 11) is 0. The van der Waals surface area contributed by atoms with Gasteiger partial charge in [-0.15, -0.1) is 0 Å². The molecule has 1 unspecified atom stereocenters. The predicted molar refractivity (Wildman–Crippen MR) is 103 cm³/mol. The summed E-state index contributed by atoms with van der Waals surface area (Å²) in [4.78, 5) is 12.6. The minimum absolute atomic E-state index is 0.0722. The number of hydrogen-bond acceptors (Lipinski definition) is 3. The molecule has 0 spiro atoms. The molecule has 0 saturated carbocycles. The molecule has 2 aromatic carbocycles. The van der Waals surface area contributed by atoms with Gasteiger partial charge in [0.1, 0.15) is 0 Å². The van der Waals surface area contributed by atoms with Crippen LogP contribution in [0.3, 0.4) is 0 Å². The summed E-state index contributed by atoms with van der Waals surface area (Å²) in [5.74, 6) is 1.60. The smallest absolute Gasteiger partial charge is 0.251 e. The van der Waals surface area contributed by atoms with Crippen LogP contribution in [0.1, 0.15) is 54.1 Å². The van der Waals surface area contributed by atoms with Crippen molar-refractivity contribution in [3.05, 3.63) is 59.2 Å². The topological polar surface area (TPSA) is 47.6 Å². The van der Waals surface area contributed by atoms with Crippen LogP contribution < -0.4 is 14.8 Å². The van der Waals surface area contributed by atoms with Crippen molar-refractivity contribution in [2.45, 2.75) is 39.0 Å². The summed E-state index contributed by atoms with van der Waals surface area (Å²) < 4.78 is 11.2. The zero-order valence-corrected chi connectivity index (χ0v) is 15.6. The predicted octanol–water partition coefficient (Wildman–Crippen LogP) is 4.33. The van der Waals surface area contributed by atoms with Crippen molar-refractivity contribution < 1.29 is 14.3 Å². The molecule has 4 heteroatoms. The van der Waals surface area contributed by atoms with Crippen LogP contribution in [0.15, 0.2) is 42.5 Å². The van der Waals surface area contributed by atoms with Crippen LogP contribution in [0.5, 0.6) is 11.5 Å². The lowest BCUT2D eigenvalue weighted by Gasteiger charge is -2.25. The van der Waals surface area contributed by atoms with E-state index in [1.54, 1.807) is 18.2 Å². The van der Waals surface area contributed by atoms with Gasteiger partial charge in [-0.3, -0.25) is 4.79 Å². The third kappa shape index (κ3) is 4.18. The highest BCUT2D eigenvalue weighted by molar-refractivity contribution is 5.94. The number of rotatable bonds is 7. The van der Waals surface area contributed by atoms with Gasteiger partial charge in [0, 0.05) is 18.0 Å². The minimum atomic E-state index is -0.0722. The molecular formula is C22H27NO3. The van der Waals surface area contributed by atoms with E-state index in [0.717, 1.165) is 12.8 Å². The first-order valence-corrected chi connectivity index (χ1v) is 9.48. The molecule has 1 atom stereocenters. The first-order chi connectivity index (χ1) is 12.7. The Morgan fingerprint density at radius 1 is 1.08 bits per heavy atom. The van der Waals surface area contributed by atoms with Crippen molar-refractivity contribution in [2.24, 2.45) is 0 Å². The van der Waals surface area contributed by atoms with E-state index in [0.29, 0.717) is 42.7 Å². The Balaban J connectivity index is 1.68. The van der Waals surface area contributed by atoms with E-state index in [1.807, 2.05) is 13.8 Å². The summed E-state index contributed by atoms with van der Waals surface area (Å²) in [6.07, 6.45) is 3.43. The molecule has 1 N–H and O–H groups in total. The molecule has 26 heavy (non-hydrogen) atoms. The van der Waals surface area contributed by atoms with E-state index in [9.17, 15) is 4.79 Å². The van der Waals surface area contributed by atoms with Crippen LogP contribution in [0, 0.1) is 0 Å². The molecule has 0 aliphatic heterocycles. The zero-order valence-electron chi connectivity index (χ0n) is 15.6. The summed E-state index contributed by atoms with van der Waals surface area (Å²) in [6.45, 7) is 5.60. The molecule has 138 valence electrons. The van der Waals surface area contributed by atoms with Crippen molar-refractivity contribution >= 4 is 5.91 Å². The molecule has 0 saturated heterocycles. The number of amides is 1. The van der Waals surface area contributed by atoms with Crippen LogP contribution in [0.2, 0.25) is 0 Å². The van der Waals surface area contributed by atoms with Crippen molar-refractivity contribution in [1.29, 1.82) is 0 Å². The van der Waals surface area contributed by atoms with E-state index in [4.69, 9.17) is 9.47 Å². The molecule has 4 nitrogen and oxygen atoms in total. The second kappa shape index (κ2) is 8.75. The summed E-state index contributed by atoms with van der Waals surface area (Å²) >= 11 is 0. The highest BCUT2D eigenvalue weighted by atomic mass is 16.5. The van der Waals surface area contributed by atoms with E-state index in [1.165, 1.54) is 17.5 Å². The van der Waals surface area contributed by atoms with E-state index in [-0.39, 0.29) is 5.91 Å². The number of hydrogen-bond donors (Lipinski definition) is 1. The molecule has 1 aliphatic rings. The Kier molecular flexibility index (Phi) is 6.16. The number of carbonyl (C=O) groups excluding carboxylic acids is 1. The van der Waals surface area contributed by atoms with Gasteiger partial charge in [0.05, 0.1) is 13.2 Å². The first-order valence-electron chi connectivity index (χ1n) is 9.48. The van der Waals surface area contributed by atoms with Crippen molar-refractivity contribution in [3.63, 3.8) is 0 Å². The standard InChI is InChI=1S/C22H27NO3/c1-3-25-20-13-12-17(14-21(20)26-4-2)22(24)23-15-18-10-7-9-16-8-5-6-11-19(16)18/h5-6,8,11-14,18H,3-4,7,9-10,15H2,1-2H3,(H,23,24). The van der Waals surface area contributed by atoms with Crippen LogP contribution >= 0.6 is 0 Å². The van der Waals surface area contributed by atoms with Gasteiger partial charge in [-0.05, 0) is 62.4 Å². The fourth-order valence-corrected chi connectivity index (χ4v) is 3.58. The average Bonchev–Trinajstić information content (AvgIpc) is 2.67. The number of benzene rings is 2. The SMILES string of the molecule is CCOc1ccc(C(=O)NCC2CCCc3ccccc32)cc1OCC. The molecule has 0 bridgehead atoms. The molecule has 0 aromatic heterocycles. The number of carbonyl (C=O) groups is 1. The lowest BCUT2D eigenvalue weighted by Crippen LogP contribution is -2.30. The molecule has 1 amide bonds. The highest BCUT2D eigenvalue weighted by Gasteiger charge is 2.20. The Morgan fingerprint density at radius 2 is 1.85 bits per heavy atom. The van der Waals surface area contributed by atoms with E-state index in [2.05, 4.69) is 29.6 Å².